The van der Waals surface area contributed by atoms with Crippen molar-refractivity contribution in [2.45, 2.75) is 27.2 Å². The highest BCUT2D eigenvalue weighted by molar-refractivity contribution is 6.22. The van der Waals surface area contributed by atoms with Crippen molar-refractivity contribution in [2.75, 3.05) is 4.90 Å². The van der Waals surface area contributed by atoms with Gasteiger partial charge in [-0.05, 0) is 19.1 Å². The molecule has 0 unspecified atom stereocenters. The highest BCUT2D eigenvalue weighted by atomic mass is 16.3. The summed E-state index contributed by atoms with van der Waals surface area (Å²) in [6, 6.07) is 4.84. The van der Waals surface area contributed by atoms with Gasteiger partial charge in [-0.15, -0.1) is 0 Å². The van der Waals surface area contributed by atoms with Gasteiger partial charge < -0.3 is 5.11 Å². The maximum Gasteiger partial charge on any atom is 0.239 e. The van der Waals surface area contributed by atoms with Gasteiger partial charge in [-0.2, -0.15) is 0 Å². The van der Waals surface area contributed by atoms with Gasteiger partial charge in [0.15, 0.2) is 0 Å². The van der Waals surface area contributed by atoms with E-state index in [2.05, 4.69) is 0 Å². The lowest BCUT2D eigenvalue weighted by molar-refractivity contribution is -0.124. The van der Waals surface area contributed by atoms with Crippen LogP contribution < -0.4 is 4.90 Å². The van der Waals surface area contributed by atoms with Crippen LogP contribution in [0.15, 0.2) is 18.2 Å². The number of aromatic hydroxyl groups is 1. The summed E-state index contributed by atoms with van der Waals surface area (Å²) >= 11 is 0. The fourth-order valence-corrected chi connectivity index (χ4v) is 2.05. The molecule has 1 N–H and O–H groups in total. The molecule has 0 atom stereocenters. The molecule has 0 spiro atoms. The molecule has 1 heterocycles. The van der Waals surface area contributed by atoms with Crippen molar-refractivity contribution in [3.63, 3.8) is 0 Å². The second-order valence-electron chi connectivity index (χ2n) is 5.02. The molecule has 0 saturated carbocycles. The Labute approximate surface area is 99.9 Å². The third-order valence-electron chi connectivity index (χ3n) is 3.14. The fraction of sp³-hybridized carbons (Fsp3) is 0.385. The van der Waals surface area contributed by atoms with Gasteiger partial charge in [-0.3, -0.25) is 9.59 Å². The Morgan fingerprint density at radius 3 is 2.47 bits per heavy atom. The van der Waals surface area contributed by atoms with Crippen molar-refractivity contribution < 1.29 is 14.7 Å². The van der Waals surface area contributed by atoms with Crippen molar-refractivity contribution in [1.29, 1.82) is 0 Å². The Hall–Kier alpha value is -1.84. The van der Waals surface area contributed by atoms with E-state index < -0.39 is 5.41 Å². The zero-order valence-electron chi connectivity index (χ0n) is 10.2. The first-order chi connectivity index (χ1) is 7.84. The molecule has 0 bridgehead atoms. The van der Waals surface area contributed by atoms with Crippen LogP contribution >= 0.6 is 0 Å². The predicted molar refractivity (Wildman–Crippen MR) is 63.7 cm³/mol. The Bertz CT molecular complexity index is 505. The quantitative estimate of drug-likeness (QED) is 0.755. The summed E-state index contributed by atoms with van der Waals surface area (Å²) < 4.78 is 0. The number of carbonyl (C=O) groups is 2. The first-order valence-corrected chi connectivity index (χ1v) is 5.50. The normalized spacial score (nSPS) is 18.9. The number of phenols is 1. The molecule has 2 amide bonds. The number of phenolic OH excluding ortho intramolecular Hbond substituents is 1. The van der Waals surface area contributed by atoms with Crippen LogP contribution in [0.4, 0.5) is 5.69 Å². The van der Waals surface area contributed by atoms with E-state index in [0.29, 0.717) is 11.3 Å². The molecule has 17 heavy (non-hydrogen) atoms. The zero-order chi connectivity index (χ0) is 12.8. The van der Waals surface area contributed by atoms with Gasteiger partial charge in [0, 0.05) is 12.0 Å². The summed E-state index contributed by atoms with van der Waals surface area (Å²) in [6.07, 6.45) is 0.209. The monoisotopic (exact) mass is 233 g/mol. The summed E-state index contributed by atoms with van der Waals surface area (Å²) in [5.74, 6) is -0.335. The number of benzene rings is 1. The van der Waals surface area contributed by atoms with Gasteiger partial charge in [0.25, 0.3) is 0 Å². The third-order valence-corrected chi connectivity index (χ3v) is 3.14. The Morgan fingerprint density at radius 1 is 1.29 bits per heavy atom. The van der Waals surface area contributed by atoms with Crippen LogP contribution in [0.1, 0.15) is 25.8 Å². The van der Waals surface area contributed by atoms with E-state index in [1.165, 1.54) is 11.0 Å². The van der Waals surface area contributed by atoms with Crippen molar-refractivity contribution in [1.82, 2.24) is 0 Å². The van der Waals surface area contributed by atoms with E-state index in [-0.39, 0.29) is 24.0 Å². The van der Waals surface area contributed by atoms with Gasteiger partial charge in [0.2, 0.25) is 11.8 Å². The van der Waals surface area contributed by atoms with Crippen LogP contribution in [0.25, 0.3) is 0 Å². The number of imide groups is 1. The molecule has 1 aliphatic rings. The SMILES string of the molecule is Cc1c(O)cccc1N1C(=O)CC(C)(C)C1=O. The van der Waals surface area contributed by atoms with Crippen LogP contribution in [0, 0.1) is 12.3 Å². The smallest absolute Gasteiger partial charge is 0.239 e. The van der Waals surface area contributed by atoms with Crippen LogP contribution in [-0.2, 0) is 9.59 Å². The molecule has 1 aromatic carbocycles. The van der Waals surface area contributed by atoms with E-state index in [9.17, 15) is 14.7 Å². The van der Waals surface area contributed by atoms with Gasteiger partial charge in [0.05, 0.1) is 11.1 Å². The number of carbonyl (C=O) groups excluding carboxylic acids is 2. The molecule has 1 aromatic rings. The minimum atomic E-state index is -0.658. The van der Waals surface area contributed by atoms with E-state index in [0.717, 1.165) is 0 Å². The van der Waals surface area contributed by atoms with Gasteiger partial charge in [-0.25, -0.2) is 4.90 Å². The number of anilines is 1. The van der Waals surface area contributed by atoms with Gasteiger partial charge >= 0.3 is 0 Å². The second-order valence-corrected chi connectivity index (χ2v) is 5.02. The highest BCUT2D eigenvalue weighted by Crippen LogP contribution is 2.37. The number of nitrogens with zero attached hydrogens (tertiary/aromatic N) is 1. The number of hydrogen-bond donors (Lipinski definition) is 1. The standard InChI is InChI=1S/C13H15NO3/c1-8-9(5-4-6-10(8)15)14-11(16)7-13(2,3)12(14)17/h4-6,15H,7H2,1-3H3. The first-order valence-electron chi connectivity index (χ1n) is 5.50. The average Bonchev–Trinajstić information content (AvgIpc) is 2.42. The lowest BCUT2D eigenvalue weighted by atomic mass is 9.92. The number of amides is 2. The van der Waals surface area contributed by atoms with E-state index in [1.807, 2.05) is 0 Å². The molecule has 0 aromatic heterocycles. The largest absolute Gasteiger partial charge is 0.508 e. The second kappa shape index (κ2) is 3.58. The summed E-state index contributed by atoms with van der Waals surface area (Å²) in [5, 5.41) is 9.61. The summed E-state index contributed by atoms with van der Waals surface area (Å²) in [4.78, 5) is 25.2. The topological polar surface area (TPSA) is 57.6 Å². The Balaban J connectivity index is 2.51. The van der Waals surface area contributed by atoms with Crippen LogP contribution in [0.5, 0.6) is 5.75 Å². The first kappa shape index (κ1) is 11.6. The van der Waals surface area contributed by atoms with Crippen LogP contribution in [0.3, 0.4) is 0 Å². The lowest BCUT2D eigenvalue weighted by Gasteiger charge is -2.19. The zero-order valence-corrected chi connectivity index (χ0v) is 10.2. The maximum atomic E-state index is 12.1. The van der Waals surface area contributed by atoms with Gasteiger partial charge in [0.1, 0.15) is 5.75 Å². The summed E-state index contributed by atoms with van der Waals surface area (Å²) in [7, 11) is 0. The third kappa shape index (κ3) is 1.69. The summed E-state index contributed by atoms with van der Waals surface area (Å²) in [6.45, 7) is 5.20. The molecule has 4 heteroatoms. The average molecular weight is 233 g/mol. The maximum absolute atomic E-state index is 12.1. The molecule has 2 rings (SSSR count). The summed E-state index contributed by atoms with van der Waals surface area (Å²) in [5.41, 5.74) is 0.368. The molecule has 1 fully saturated rings. The van der Waals surface area contributed by atoms with Crippen LogP contribution in [-0.4, -0.2) is 16.9 Å². The number of rotatable bonds is 1. The Morgan fingerprint density at radius 2 is 1.94 bits per heavy atom. The minimum absolute atomic E-state index is 0.0906. The van der Waals surface area contributed by atoms with Crippen molar-refractivity contribution >= 4 is 17.5 Å². The molecule has 1 aliphatic heterocycles. The molecule has 0 radical (unpaired) electrons. The lowest BCUT2D eigenvalue weighted by Crippen LogP contribution is -2.33. The number of hydrogen-bond acceptors (Lipinski definition) is 3. The van der Waals surface area contributed by atoms with E-state index >= 15 is 0 Å². The molecule has 1 saturated heterocycles. The molecular weight excluding hydrogens is 218 g/mol. The molecule has 4 nitrogen and oxygen atoms in total. The van der Waals surface area contributed by atoms with Gasteiger partial charge in [-0.1, -0.05) is 19.9 Å². The van der Waals surface area contributed by atoms with E-state index in [1.54, 1.807) is 32.9 Å². The Kier molecular flexibility index (Phi) is 2.45. The fourth-order valence-electron chi connectivity index (χ4n) is 2.05. The molecular formula is C13H15NO3. The minimum Gasteiger partial charge on any atom is -0.508 e. The molecule has 90 valence electrons. The van der Waals surface area contributed by atoms with Crippen molar-refractivity contribution in [3.8, 4) is 5.75 Å². The van der Waals surface area contributed by atoms with Crippen molar-refractivity contribution in [2.24, 2.45) is 5.41 Å². The van der Waals surface area contributed by atoms with Crippen LogP contribution in [0.2, 0.25) is 0 Å². The van der Waals surface area contributed by atoms with Crippen molar-refractivity contribution in [3.05, 3.63) is 23.8 Å². The highest BCUT2D eigenvalue weighted by Gasteiger charge is 2.45. The molecule has 0 aliphatic carbocycles. The predicted octanol–water partition coefficient (Wildman–Crippen LogP) is 1.99. The van der Waals surface area contributed by atoms with E-state index in [4.69, 9.17) is 0 Å².